The van der Waals surface area contributed by atoms with Crippen molar-refractivity contribution in [3.63, 3.8) is 0 Å². The van der Waals surface area contributed by atoms with Crippen LogP contribution < -0.4 is 5.73 Å². The molecule has 0 aromatic rings. The Balaban J connectivity index is 2.05. The summed E-state index contributed by atoms with van der Waals surface area (Å²) in [5.41, 5.74) is 5.24. The Labute approximate surface area is 61.8 Å². The summed E-state index contributed by atoms with van der Waals surface area (Å²) in [5, 5.41) is 0. The van der Waals surface area contributed by atoms with E-state index in [-0.39, 0.29) is 0 Å². The van der Waals surface area contributed by atoms with Gasteiger partial charge in [0.1, 0.15) is 5.78 Å². The molecule has 1 rings (SSSR count). The molecule has 0 bridgehead atoms. The Morgan fingerprint density at radius 3 is 2.60 bits per heavy atom. The molecule has 0 radical (unpaired) electrons. The fraction of sp³-hybridized carbons (Fsp3) is 0.875. The van der Waals surface area contributed by atoms with E-state index < -0.39 is 0 Å². The van der Waals surface area contributed by atoms with Gasteiger partial charge in [0.15, 0.2) is 0 Å². The fourth-order valence-corrected chi connectivity index (χ4v) is 1.28. The molecule has 0 heterocycles. The smallest absolute Gasteiger partial charge is 0.134 e. The Morgan fingerprint density at radius 1 is 1.50 bits per heavy atom. The monoisotopic (exact) mass is 141 g/mol. The molecule has 10 heavy (non-hydrogen) atoms. The van der Waals surface area contributed by atoms with Gasteiger partial charge in [0, 0.05) is 12.8 Å². The van der Waals surface area contributed by atoms with Crippen LogP contribution in [0.5, 0.6) is 0 Å². The number of carbonyl (C=O) groups excluding carboxylic acids is 1. The van der Waals surface area contributed by atoms with Crippen LogP contribution in [-0.2, 0) is 4.79 Å². The van der Waals surface area contributed by atoms with E-state index in [9.17, 15) is 4.79 Å². The molecule has 0 amide bonds. The van der Waals surface area contributed by atoms with Gasteiger partial charge < -0.3 is 5.73 Å². The number of nitrogens with two attached hydrogens (primary N) is 1. The van der Waals surface area contributed by atoms with Crippen LogP contribution in [0.1, 0.15) is 32.1 Å². The molecule has 1 saturated carbocycles. The second-order valence-electron chi connectivity index (χ2n) is 3.08. The van der Waals surface area contributed by atoms with Gasteiger partial charge in [-0.25, -0.2) is 0 Å². The van der Waals surface area contributed by atoms with Crippen molar-refractivity contribution in [2.45, 2.75) is 32.1 Å². The summed E-state index contributed by atoms with van der Waals surface area (Å²) in [6, 6.07) is 0. The molecule has 58 valence electrons. The Morgan fingerprint density at radius 2 is 2.20 bits per heavy atom. The summed E-state index contributed by atoms with van der Waals surface area (Å²) in [5.74, 6) is 1.06. The zero-order valence-corrected chi connectivity index (χ0v) is 6.31. The molecule has 1 aliphatic rings. The summed E-state index contributed by atoms with van der Waals surface area (Å²) in [4.78, 5) is 11.0. The molecule has 2 N–H and O–H groups in total. The molecule has 0 spiro atoms. The number of hydrogen-bond acceptors (Lipinski definition) is 2. The van der Waals surface area contributed by atoms with Crippen LogP contribution in [0, 0.1) is 5.92 Å². The number of Topliss-reactive ketones (excluding diaryl/α,β-unsaturated/α-hetero) is 1. The molecular weight excluding hydrogens is 126 g/mol. The second kappa shape index (κ2) is 3.71. The molecular formula is C8H15NO. The third-order valence-corrected chi connectivity index (χ3v) is 2.16. The summed E-state index contributed by atoms with van der Waals surface area (Å²) in [6.45, 7) is 0.519. The fourth-order valence-electron chi connectivity index (χ4n) is 1.28. The highest BCUT2D eigenvalue weighted by atomic mass is 16.1. The van der Waals surface area contributed by atoms with Crippen molar-refractivity contribution in [1.29, 1.82) is 0 Å². The Kier molecular flexibility index (Phi) is 2.87. The normalized spacial score (nSPS) is 18.5. The van der Waals surface area contributed by atoms with Gasteiger partial charge in [0.25, 0.3) is 0 Å². The summed E-state index contributed by atoms with van der Waals surface area (Å²) in [6.07, 6.45) is 5.21. The molecule has 0 saturated heterocycles. The molecule has 0 aliphatic heterocycles. The molecule has 2 heteroatoms. The van der Waals surface area contributed by atoms with Crippen molar-refractivity contribution in [3.05, 3.63) is 0 Å². The van der Waals surface area contributed by atoms with E-state index in [2.05, 4.69) is 0 Å². The van der Waals surface area contributed by atoms with Crippen molar-refractivity contribution in [1.82, 2.24) is 0 Å². The summed E-state index contributed by atoms with van der Waals surface area (Å²) >= 11 is 0. The van der Waals surface area contributed by atoms with Gasteiger partial charge in [-0.2, -0.15) is 0 Å². The predicted octanol–water partition coefficient (Wildman–Crippen LogP) is 1.09. The van der Waals surface area contributed by atoms with Crippen LogP contribution >= 0.6 is 0 Å². The van der Waals surface area contributed by atoms with Crippen molar-refractivity contribution in [2.24, 2.45) is 11.7 Å². The van der Waals surface area contributed by atoms with Gasteiger partial charge in [0.05, 0.1) is 0 Å². The molecule has 1 fully saturated rings. The maximum Gasteiger partial charge on any atom is 0.134 e. The van der Waals surface area contributed by atoms with Gasteiger partial charge in [-0.15, -0.1) is 0 Å². The standard InChI is InChI=1S/C8H15NO/c9-5-4-8(10)6-7-2-1-3-7/h7H,1-6,9H2. The topological polar surface area (TPSA) is 43.1 Å². The lowest BCUT2D eigenvalue weighted by molar-refractivity contribution is -0.120. The van der Waals surface area contributed by atoms with Crippen molar-refractivity contribution >= 4 is 5.78 Å². The van der Waals surface area contributed by atoms with E-state index in [1.807, 2.05) is 0 Å². The largest absolute Gasteiger partial charge is 0.330 e. The Bertz CT molecular complexity index is 118. The van der Waals surface area contributed by atoms with Crippen LogP contribution in [0.4, 0.5) is 0 Å². The van der Waals surface area contributed by atoms with Crippen LogP contribution in [-0.4, -0.2) is 12.3 Å². The van der Waals surface area contributed by atoms with Crippen molar-refractivity contribution < 1.29 is 4.79 Å². The summed E-state index contributed by atoms with van der Waals surface area (Å²) < 4.78 is 0. The van der Waals surface area contributed by atoms with Crippen molar-refractivity contribution in [3.8, 4) is 0 Å². The molecule has 0 atom stereocenters. The van der Waals surface area contributed by atoms with Crippen LogP contribution in [0.15, 0.2) is 0 Å². The van der Waals surface area contributed by atoms with Crippen LogP contribution in [0.3, 0.4) is 0 Å². The SMILES string of the molecule is NCCC(=O)CC1CCC1. The lowest BCUT2D eigenvalue weighted by Crippen LogP contribution is -2.17. The van der Waals surface area contributed by atoms with Gasteiger partial charge in [0.2, 0.25) is 0 Å². The summed E-state index contributed by atoms with van der Waals surface area (Å²) in [7, 11) is 0. The number of rotatable bonds is 4. The highest BCUT2D eigenvalue weighted by molar-refractivity contribution is 5.78. The maximum atomic E-state index is 11.0. The zero-order valence-electron chi connectivity index (χ0n) is 6.31. The molecule has 1 aliphatic carbocycles. The van der Waals surface area contributed by atoms with Crippen molar-refractivity contribution in [2.75, 3.05) is 6.54 Å². The third kappa shape index (κ3) is 2.10. The van der Waals surface area contributed by atoms with Gasteiger partial charge in [-0.05, 0) is 12.5 Å². The van der Waals surface area contributed by atoms with E-state index in [1.165, 1.54) is 19.3 Å². The first-order chi connectivity index (χ1) is 4.83. The molecule has 0 unspecified atom stereocenters. The van der Waals surface area contributed by atoms with E-state index in [0.29, 0.717) is 24.7 Å². The highest BCUT2D eigenvalue weighted by Gasteiger charge is 2.19. The molecule has 2 nitrogen and oxygen atoms in total. The molecule has 0 aromatic carbocycles. The first kappa shape index (κ1) is 7.73. The third-order valence-electron chi connectivity index (χ3n) is 2.16. The number of ketones is 1. The minimum absolute atomic E-state index is 0.354. The first-order valence-corrected chi connectivity index (χ1v) is 4.04. The minimum Gasteiger partial charge on any atom is -0.330 e. The maximum absolute atomic E-state index is 11.0. The van der Waals surface area contributed by atoms with Gasteiger partial charge >= 0.3 is 0 Å². The quantitative estimate of drug-likeness (QED) is 0.637. The van der Waals surface area contributed by atoms with E-state index in [4.69, 9.17) is 5.73 Å². The van der Waals surface area contributed by atoms with E-state index in [1.54, 1.807) is 0 Å². The lowest BCUT2D eigenvalue weighted by Gasteiger charge is -2.24. The number of hydrogen-bond donors (Lipinski definition) is 1. The van der Waals surface area contributed by atoms with Crippen LogP contribution in [0.25, 0.3) is 0 Å². The highest BCUT2D eigenvalue weighted by Crippen LogP contribution is 2.29. The average molecular weight is 141 g/mol. The molecule has 0 aromatic heterocycles. The lowest BCUT2D eigenvalue weighted by atomic mass is 9.81. The number of carbonyl (C=O) groups is 1. The minimum atomic E-state index is 0.354. The van der Waals surface area contributed by atoms with E-state index >= 15 is 0 Å². The Hall–Kier alpha value is -0.370. The van der Waals surface area contributed by atoms with Gasteiger partial charge in [-0.1, -0.05) is 19.3 Å². The van der Waals surface area contributed by atoms with E-state index in [0.717, 1.165) is 6.42 Å². The predicted molar refractivity (Wildman–Crippen MR) is 40.6 cm³/mol. The van der Waals surface area contributed by atoms with Gasteiger partial charge in [-0.3, -0.25) is 4.79 Å². The average Bonchev–Trinajstić information content (AvgIpc) is 1.80. The first-order valence-electron chi connectivity index (χ1n) is 4.04. The van der Waals surface area contributed by atoms with Crippen LogP contribution in [0.2, 0.25) is 0 Å². The second-order valence-corrected chi connectivity index (χ2v) is 3.08. The zero-order chi connectivity index (χ0) is 7.40.